The Balaban J connectivity index is 1.48. The zero-order valence-corrected chi connectivity index (χ0v) is 16.8. The second kappa shape index (κ2) is 8.77. The molecule has 10 heteroatoms. The van der Waals surface area contributed by atoms with E-state index in [9.17, 15) is 18.0 Å². The van der Waals surface area contributed by atoms with Gasteiger partial charge >= 0.3 is 6.18 Å². The molecular weight excluding hydrogens is 413 g/mol. The number of thiazole rings is 1. The van der Waals surface area contributed by atoms with E-state index < -0.39 is 16.8 Å². The molecule has 0 radical (unpaired) electrons. The number of hydrogen-bond acceptors (Lipinski definition) is 5. The van der Waals surface area contributed by atoms with Crippen LogP contribution in [0.2, 0.25) is 5.02 Å². The Morgan fingerprint density at radius 1 is 1.25 bits per heavy atom. The number of piperazine rings is 1. The predicted octanol–water partition coefficient (Wildman–Crippen LogP) is 3.88. The Labute approximate surface area is 170 Å². The van der Waals surface area contributed by atoms with Crippen LogP contribution in [0.4, 0.5) is 18.9 Å². The summed E-state index contributed by atoms with van der Waals surface area (Å²) in [5, 5.41) is 5.22. The van der Waals surface area contributed by atoms with Crippen molar-refractivity contribution in [1.29, 1.82) is 0 Å². The molecule has 1 N–H and O–H groups in total. The summed E-state index contributed by atoms with van der Waals surface area (Å²) in [6, 6.07) is 3.36. The summed E-state index contributed by atoms with van der Waals surface area (Å²) < 4.78 is 38.8. The lowest BCUT2D eigenvalue weighted by Crippen LogP contribution is -2.48. The van der Waals surface area contributed by atoms with Gasteiger partial charge in [0.15, 0.2) is 0 Å². The highest BCUT2D eigenvalue weighted by molar-refractivity contribution is 7.09. The van der Waals surface area contributed by atoms with Gasteiger partial charge in [-0.15, -0.1) is 11.3 Å². The molecule has 28 heavy (non-hydrogen) atoms. The molecule has 1 saturated heterocycles. The van der Waals surface area contributed by atoms with Gasteiger partial charge in [0.25, 0.3) is 0 Å². The van der Waals surface area contributed by atoms with E-state index in [4.69, 9.17) is 11.6 Å². The number of aryl methyl sites for hydroxylation is 1. The molecule has 5 nitrogen and oxygen atoms in total. The zero-order valence-electron chi connectivity index (χ0n) is 15.2. The lowest BCUT2D eigenvalue weighted by atomic mass is 10.2. The first-order chi connectivity index (χ1) is 13.2. The molecule has 0 bridgehead atoms. The molecule has 1 aromatic heterocycles. The SMILES string of the molecule is Cc1nc(CN2CCN(CC(=O)Nc3ccc(Cl)c(C(F)(F)F)c3)CC2)cs1. The Bertz CT molecular complexity index is 834. The average Bonchev–Trinajstić information content (AvgIpc) is 3.02. The Morgan fingerprint density at radius 2 is 1.93 bits per heavy atom. The lowest BCUT2D eigenvalue weighted by Gasteiger charge is -2.33. The molecule has 1 aliphatic rings. The number of rotatable bonds is 5. The number of nitrogens with one attached hydrogen (secondary N) is 1. The Kier molecular flexibility index (Phi) is 6.59. The molecule has 152 valence electrons. The van der Waals surface area contributed by atoms with Gasteiger partial charge in [-0.3, -0.25) is 14.6 Å². The molecule has 1 amide bonds. The molecule has 1 aliphatic heterocycles. The summed E-state index contributed by atoms with van der Waals surface area (Å²) in [4.78, 5) is 20.9. The minimum atomic E-state index is -4.57. The number of alkyl halides is 3. The fourth-order valence-electron chi connectivity index (χ4n) is 3.04. The predicted molar refractivity (Wildman–Crippen MR) is 104 cm³/mol. The number of halogens is 4. The van der Waals surface area contributed by atoms with Crippen LogP contribution in [0.5, 0.6) is 0 Å². The minimum absolute atomic E-state index is 0.0827. The zero-order chi connectivity index (χ0) is 20.3. The van der Waals surface area contributed by atoms with E-state index in [2.05, 4.69) is 20.6 Å². The average molecular weight is 433 g/mol. The molecular formula is C18H20ClF3N4OS. The van der Waals surface area contributed by atoms with Gasteiger partial charge in [0, 0.05) is 43.8 Å². The summed E-state index contributed by atoms with van der Waals surface area (Å²) in [6.07, 6.45) is -4.57. The Morgan fingerprint density at radius 3 is 2.54 bits per heavy atom. The number of amides is 1. The summed E-state index contributed by atoms with van der Waals surface area (Å²) in [7, 11) is 0. The van der Waals surface area contributed by atoms with Crippen LogP contribution in [-0.2, 0) is 17.5 Å². The van der Waals surface area contributed by atoms with Crippen LogP contribution in [0.15, 0.2) is 23.6 Å². The molecule has 2 heterocycles. The summed E-state index contributed by atoms with van der Waals surface area (Å²) >= 11 is 7.22. The van der Waals surface area contributed by atoms with Crippen LogP contribution < -0.4 is 5.32 Å². The highest BCUT2D eigenvalue weighted by atomic mass is 35.5. The Hall–Kier alpha value is -1.68. The molecule has 0 unspecified atom stereocenters. The third-order valence-corrected chi connectivity index (χ3v) is 5.59. The van der Waals surface area contributed by atoms with Gasteiger partial charge < -0.3 is 5.32 Å². The van der Waals surface area contributed by atoms with E-state index in [0.717, 1.165) is 42.5 Å². The molecule has 2 aromatic rings. The van der Waals surface area contributed by atoms with Crippen LogP contribution >= 0.6 is 22.9 Å². The lowest BCUT2D eigenvalue weighted by molar-refractivity contribution is -0.137. The maximum atomic E-state index is 12.9. The van der Waals surface area contributed by atoms with E-state index in [-0.39, 0.29) is 18.1 Å². The molecule has 0 aliphatic carbocycles. The van der Waals surface area contributed by atoms with Crippen molar-refractivity contribution in [2.75, 3.05) is 38.0 Å². The topological polar surface area (TPSA) is 48.5 Å². The summed E-state index contributed by atoms with van der Waals surface area (Å²) in [6.45, 7) is 5.94. The number of anilines is 1. The smallest absolute Gasteiger partial charge is 0.325 e. The van der Waals surface area contributed by atoms with Gasteiger partial charge in [-0.25, -0.2) is 4.98 Å². The van der Waals surface area contributed by atoms with Gasteiger partial charge in [-0.05, 0) is 25.1 Å². The van der Waals surface area contributed by atoms with Crippen LogP contribution in [0, 0.1) is 6.92 Å². The van der Waals surface area contributed by atoms with Crippen LogP contribution in [-0.4, -0.2) is 53.4 Å². The van der Waals surface area contributed by atoms with Crippen LogP contribution in [0.3, 0.4) is 0 Å². The van der Waals surface area contributed by atoms with Crippen LogP contribution in [0.25, 0.3) is 0 Å². The van der Waals surface area contributed by atoms with Crippen molar-refractivity contribution in [3.8, 4) is 0 Å². The van der Waals surface area contributed by atoms with Crippen molar-refractivity contribution in [1.82, 2.24) is 14.8 Å². The summed E-state index contributed by atoms with van der Waals surface area (Å²) in [5.74, 6) is -0.348. The third kappa shape index (κ3) is 5.66. The van der Waals surface area contributed by atoms with E-state index in [1.807, 2.05) is 11.8 Å². The first-order valence-electron chi connectivity index (χ1n) is 8.73. The van der Waals surface area contributed by atoms with Crippen LogP contribution in [0.1, 0.15) is 16.3 Å². The second-order valence-electron chi connectivity index (χ2n) is 6.65. The quantitative estimate of drug-likeness (QED) is 0.779. The van der Waals surface area contributed by atoms with E-state index in [1.54, 1.807) is 11.3 Å². The van der Waals surface area contributed by atoms with Crippen molar-refractivity contribution in [2.24, 2.45) is 0 Å². The van der Waals surface area contributed by atoms with Crippen molar-refractivity contribution < 1.29 is 18.0 Å². The van der Waals surface area contributed by atoms with Crippen molar-refractivity contribution >= 4 is 34.5 Å². The van der Waals surface area contributed by atoms with Gasteiger partial charge in [-0.2, -0.15) is 13.2 Å². The molecule has 0 spiro atoms. The monoisotopic (exact) mass is 432 g/mol. The molecule has 3 rings (SSSR count). The number of benzene rings is 1. The maximum absolute atomic E-state index is 12.9. The van der Waals surface area contributed by atoms with Crippen molar-refractivity contribution in [3.05, 3.63) is 44.9 Å². The van der Waals surface area contributed by atoms with Gasteiger partial charge in [0.05, 0.1) is 27.8 Å². The first kappa shape index (κ1) is 21.0. The number of hydrogen-bond donors (Lipinski definition) is 1. The van der Waals surface area contributed by atoms with Gasteiger partial charge in [0.2, 0.25) is 5.91 Å². The molecule has 0 atom stereocenters. The van der Waals surface area contributed by atoms with E-state index in [1.165, 1.54) is 6.07 Å². The standard InChI is InChI=1S/C18H20ClF3N4OS/c1-12-23-14(11-28-12)9-25-4-6-26(7-5-25)10-17(27)24-13-2-3-16(19)15(8-13)18(20,21)22/h2-3,8,11H,4-7,9-10H2,1H3,(H,24,27). The molecule has 1 aromatic carbocycles. The van der Waals surface area contributed by atoms with E-state index in [0.29, 0.717) is 13.1 Å². The third-order valence-electron chi connectivity index (χ3n) is 4.44. The highest BCUT2D eigenvalue weighted by Crippen LogP contribution is 2.36. The largest absolute Gasteiger partial charge is 0.417 e. The number of carbonyl (C=O) groups excluding carboxylic acids is 1. The maximum Gasteiger partial charge on any atom is 0.417 e. The van der Waals surface area contributed by atoms with E-state index >= 15 is 0 Å². The summed E-state index contributed by atoms with van der Waals surface area (Å²) in [5.41, 5.74) is 0.175. The first-order valence-corrected chi connectivity index (χ1v) is 9.99. The minimum Gasteiger partial charge on any atom is -0.325 e. The number of nitrogens with zero attached hydrogens (tertiary/aromatic N) is 3. The fraction of sp³-hybridized carbons (Fsp3) is 0.444. The van der Waals surface area contributed by atoms with Crippen molar-refractivity contribution in [2.45, 2.75) is 19.6 Å². The molecule has 1 fully saturated rings. The van der Waals surface area contributed by atoms with Gasteiger partial charge in [0.1, 0.15) is 0 Å². The molecule has 0 saturated carbocycles. The number of aromatic nitrogens is 1. The highest BCUT2D eigenvalue weighted by Gasteiger charge is 2.33. The number of carbonyl (C=O) groups is 1. The van der Waals surface area contributed by atoms with Crippen molar-refractivity contribution in [3.63, 3.8) is 0 Å². The van der Waals surface area contributed by atoms with Gasteiger partial charge in [-0.1, -0.05) is 11.6 Å². The second-order valence-corrected chi connectivity index (χ2v) is 8.12. The fourth-order valence-corrected chi connectivity index (χ4v) is 3.87. The normalized spacial score (nSPS) is 16.3.